The van der Waals surface area contributed by atoms with Crippen molar-refractivity contribution in [3.63, 3.8) is 0 Å². The molecule has 0 amide bonds. The first kappa shape index (κ1) is 12.6. The molecule has 0 radical (unpaired) electrons. The molecule has 4 heteroatoms. The van der Waals surface area contributed by atoms with Gasteiger partial charge >= 0.3 is 5.97 Å². The van der Waals surface area contributed by atoms with Crippen LogP contribution in [0, 0.1) is 0 Å². The molecule has 0 atom stereocenters. The molecule has 0 saturated heterocycles. The summed E-state index contributed by atoms with van der Waals surface area (Å²) in [7, 11) is 0. The summed E-state index contributed by atoms with van der Waals surface area (Å²) in [6.07, 6.45) is 1.75. The van der Waals surface area contributed by atoms with E-state index in [0.29, 0.717) is 18.7 Å². The van der Waals surface area contributed by atoms with Gasteiger partial charge in [-0.2, -0.15) is 0 Å². The fourth-order valence-electron chi connectivity index (χ4n) is 1.89. The van der Waals surface area contributed by atoms with Crippen molar-refractivity contribution in [3.8, 4) is 5.75 Å². The van der Waals surface area contributed by atoms with Crippen LogP contribution in [0.4, 0.5) is 0 Å². The average Bonchev–Trinajstić information content (AvgIpc) is 2.57. The highest BCUT2D eigenvalue weighted by Crippen LogP contribution is 2.22. The van der Waals surface area contributed by atoms with Crippen LogP contribution in [0.3, 0.4) is 0 Å². The number of hydrogen-bond donors (Lipinski definition) is 1. The standard InChI is InChI=1S/C14H17NO3/c1-11(14(16)17)6-7-15-8-9-18-13-5-3-2-4-12(13)10-15/h2-6H,7-10H2,1H3,(H,16,17). The van der Waals surface area contributed by atoms with Crippen molar-refractivity contribution in [1.82, 2.24) is 4.90 Å². The zero-order chi connectivity index (χ0) is 13.0. The second-order valence-electron chi connectivity index (χ2n) is 4.38. The Labute approximate surface area is 106 Å². The highest BCUT2D eigenvalue weighted by atomic mass is 16.5. The van der Waals surface area contributed by atoms with Crippen LogP contribution in [-0.2, 0) is 11.3 Å². The Kier molecular flexibility index (Phi) is 3.99. The smallest absolute Gasteiger partial charge is 0.330 e. The quantitative estimate of drug-likeness (QED) is 0.829. The molecule has 1 heterocycles. The molecule has 0 unspecified atom stereocenters. The first-order valence-corrected chi connectivity index (χ1v) is 6.00. The Bertz CT molecular complexity index is 468. The molecule has 0 aliphatic carbocycles. The monoisotopic (exact) mass is 247 g/mol. The second kappa shape index (κ2) is 5.69. The minimum atomic E-state index is -0.860. The minimum Gasteiger partial charge on any atom is -0.492 e. The van der Waals surface area contributed by atoms with Gasteiger partial charge in [-0.15, -0.1) is 0 Å². The fraction of sp³-hybridized carbons (Fsp3) is 0.357. The van der Waals surface area contributed by atoms with Gasteiger partial charge in [0.2, 0.25) is 0 Å². The Morgan fingerprint density at radius 3 is 3.06 bits per heavy atom. The lowest BCUT2D eigenvalue weighted by atomic mass is 10.2. The third kappa shape index (κ3) is 3.11. The summed E-state index contributed by atoms with van der Waals surface area (Å²) in [5.74, 6) is 0.0698. The lowest BCUT2D eigenvalue weighted by Crippen LogP contribution is -2.26. The minimum absolute atomic E-state index is 0.383. The van der Waals surface area contributed by atoms with E-state index in [1.54, 1.807) is 13.0 Å². The van der Waals surface area contributed by atoms with E-state index in [4.69, 9.17) is 9.84 Å². The number of carboxylic acids is 1. The van der Waals surface area contributed by atoms with Gasteiger partial charge in [-0.25, -0.2) is 4.79 Å². The predicted octanol–water partition coefficient (Wildman–Crippen LogP) is 1.91. The van der Waals surface area contributed by atoms with Gasteiger partial charge in [-0.1, -0.05) is 24.3 Å². The first-order valence-electron chi connectivity index (χ1n) is 6.00. The molecule has 18 heavy (non-hydrogen) atoms. The van der Waals surface area contributed by atoms with E-state index >= 15 is 0 Å². The fourth-order valence-corrected chi connectivity index (χ4v) is 1.89. The Balaban J connectivity index is 2.04. The molecule has 4 nitrogen and oxygen atoms in total. The zero-order valence-electron chi connectivity index (χ0n) is 10.4. The molecule has 0 saturated carbocycles. The van der Waals surface area contributed by atoms with Crippen molar-refractivity contribution in [2.24, 2.45) is 0 Å². The van der Waals surface area contributed by atoms with Gasteiger partial charge in [-0.05, 0) is 13.0 Å². The molecule has 0 bridgehead atoms. The number of hydrogen-bond acceptors (Lipinski definition) is 3. The molecule has 0 fully saturated rings. The van der Waals surface area contributed by atoms with Crippen LogP contribution in [0.25, 0.3) is 0 Å². The predicted molar refractivity (Wildman–Crippen MR) is 68.6 cm³/mol. The number of carbonyl (C=O) groups is 1. The number of carboxylic acid groups (broad SMARTS) is 1. The van der Waals surface area contributed by atoms with Gasteiger partial charge < -0.3 is 9.84 Å². The summed E-state index contributed by atoms with van der Waals surface area (Å²) in [5, 5.41) is 8.81. The number of nitrogens with zero attached hydrogens (tertiary/aromatic N) is 1. The SMILES string of the molecule is CC(=CCN1CCOc2ccccc2C1)C(=O)O. The van der Waals surface area contributed by atoms with Crippen LogP contribution >= 0.6 is 0 Å². The van der Waals surface area contributed by atoms with E-state index in [1.807, 2.05) is 24.3 Å². The van der Waals surface area contributed by atoms with Gasteiger partial charge in [0.15, 0.2) is 0 Å². The van der Waals surface area contributed by atoms with Gasteiger partial charge in [0.05, 0.1) is 0 Å². The Morgan fingerprint density at radius 1 is 1.50 bits per heavy atom. The normalized spacial score (nSPS) is 16.6. The number of rotatable bonds is 3. The molecule has 1 aliphatic rings. The van der Waals surface area contributed by atoms with Crippen molar-refractivity contribution in [3.05, 3.63) is 41.5 Å². The highest BCUT2D eigenvalue weighted by Gasteiger charge is 2.13. The lowest BCUT2D eigenvalue weighted by molar-refractivity contribution is -0.132. The maximum Gasteiger partial charge on any atom is 0.330 e. The van der Waals surface area contributed by atoms with Crippen LogP contribution in [-0.4, -0.2) is 35.7 Å². The van der Waals surface area contributed by atoms with E-state index in [2.05, 4.69) is 4.90 Å². The molecule has 1 aromatic rings. The number of fused-ring (bicyclic) bond motifs is 1. The molecule has 2 rings (SSSR count). The maximum atomic E-state index is 10.7. The zero-order valence-corrected chi connectivity index (χ0v) is 10.4. The summed E-state index contributed by atoms with van der Waals surface area (Å²) in [6.45, 7) is 4.48. The van der Waals surface area contributed by atoms with Crippen molar-refractivity contribution in [1.29, 1.82) is 0 Å². The molecule has 1 aliphatic heterocycles. The number of benzene rings is 1. The van der Waals surface area contributed by atoms with Crippen molar-refractivity contribution < 1.29 is 14.6 Å². The molecular formula is C14H17NO3. The third-order valence-corrected chi connectivity index (χ3v) is 3.02. The maximum absolute atomic E-state index is 10.7. The van der Waals surface area contributed by atoms with Crippen LogP contribution in [0.5, 0.6) is 5.75 Å². The number of para-hydroxylation sites is 1. The van der Waals surface area contributed by atoms with Gasteiger partial charge in [-0.3, -0.25) is 4.90 Å². The van der Waals surface area contributed by atoms with Gasteiger partial charge in [0, 0.05) is 30.8 Å². The number of ether oxygens (including phenoxy) is 1. The second-order valence-corrected chi connectivity index (χ2v) is 4.38. The van der Waals surface area contributed by atoms with Crippen LogP contribution < -0.4 is 4.74 Å². The van der Waals surface area contributed by atoms with E-state index in [9.17, 15) is 4.79 Å². The van der Waals surface area contributed by atoms with E-state index in [0.717, 1.165) is 24.4 Å². The first-order chi connectivity index (χ1) is 8.66. The van der Waals surface area contributed by atoms with E-state index < -0.39 is 5.97 Å². The van der Waals surface area contributed by atoms with Crippen molar-refractivity contribution in [2.75, 3.05) is 19.7 Å². The summed E-state index contributed by atoms with van der Waals surface area (Å²) in [6, 6.07) is 7.96. The molecule has 0 spiro atoms. The molecular weight excluding hydrogens is 230 g/mol. The molecule has 1 aromatic carbocycles. The van der Waals surface area contributed by atoms with Gasteiger partial charge in [0.1, 0.15) is 12.4 Å². The third-order valence-electron chi connectivity index (χ3n) is 3.02. The summed E-state index contributed by atoms with van der Waals surface area (Å²) in [5.41, 5.74) is 1.53. The van der Waals surface area contributed by atoms with E-state index in [1.165, 1.54) is 0 Å². The van der Waals surface area contributed by atoms with Crippen molar-refractivity contribution in [2.45, 2.75) is 13.5 Å². The van der Waals surface area contributed by atoms with Crippen LogP contribution in [0.1, 0.15) is 12.5 Å². The van der Waals surface area contributed by atoms with Crippen LogP contribution in [0.2, 0.25) is 0 Å². The Morgan fingerprint density at radius 2 is 2.28 bits per heavy atom. The Hall–Kier alpha value is -1.81. The molecule has 0 aromatic heterocycles. The lowest BCUT2D eigenvalue weighted by Gasteiger charge is -2.17. The summed E-state index contributed by atoms with van der Waals surface area (Å²) < 4.78 is 5.65. The van der Waals surface area contributed by atoms with Gasteiger partial charge in [0.25, 0.3) is 0 Å². The molecule has 1 N–H and O–H groups in total. The largest absolute Gasteiger partial charge is 0.492 e. The molecule has 96 valence electrons. The number of aliphatic carboxylic acids is 1. The topological polar surface area (TPSA) is 49.8 Å². The summed E-state index contributed by atoms with van der Waals surface area (Å²) in [4.78, 5) is 12.9. The van der Waals surface area contributed by atoms with Crippen molar-refractivity contribution >= 4 is 5.97 Å². The van der Waals surface area contributed by atoms with Crippen LogP contribution in [0.15, 0.2) is 35.9 Å². The highest BCUT2D eigenvalue weighted by molar-refractivity contribution is 5.85. The van der Waals surface area contributed by atoms with E-state index in [-0.39, 0.29) is 0 Å². The average molecular weight is 247 g/mol. The summed E-state index contributed by atoms with van der Waals surface area (Å²) >= 11 is 0.